The van der Waals surface area contributed by atoms with Crippen LogP contribution < -0.4 is 5.32 Å². The van der Waals surface area contributed by atoms with E-state index in [1.807, 2.05) is 7.05 Å². The van der Waals surface area contributed by atoms with E-state index in [4.69, 9.17) is 4.74 Å². The molecular formula is C14H24N4O3. The van der Waals surface area contributed by atoms with Gasteiger partial charge in [0.15, 0.2) is 0 Å². The van der Waals surface area contributed by atoms with E-state index in [-0.39, 0.29) is 10.6 Å². The van der Waals surface area contributed by atoms with Crippen LogP contribution in [0.25, 0.3) is 0 Å². The molecule has 1 rings (SSSR count). The number of rotatable bonds is 9. The van der Waals surface area contributed by atoms with Gasteiger partial charge in [0, 0.05) is 50.6 Å². The zero-order chi connectivity index (χ0) is 15.8. The largest absolute Gasteiger partial charge is 0.383 e. The van der Waals surface area contributed by atoms with Crippen LogP contribution in [0, 0.1) is 24.0 Å². The Morgan fingerprint density at radius 1 is 1.43 bits per heavy atom. The molecule has 0 unspecified atom stereocenters. The average molecular weight is 296 g/mol. The molecule has 1 heterocycles. The molecule has 7 heteroatoms. The molecule has 0 aliphatic heterocycles. The first kappa shape index (κ1) is 17.5. The van der Waals surface area contributed by atoms with Crippen LogP contribution in [0.5, 0.6) is 0 Å². The summed E-state index contributed by atoms with van der Waals surface area (Å²) in [5, 5.41) is 14.3. The van der Waals surface area contributed by atoms with Gasteiger partial charge >= 0.3 is 0 Å². The van der Waals surface area contributed by atoms with Crippen LogP contribution in [-0.4, -0.2) is 55.2 Å². The Kier molecular flexibility index (Phi) is 7.21. The van der Waals surface area contributed by atoms with Gasteiger partial charge in [0.25, 0.3) is 5.69 Å². The van der Waals surface area contributed by atoms with Gasteiger partial charge < -0.3 is 15.0 Å². The second kappa shape index (κ2) is 8.66. The van der Waals surface area contributed by atoms with E-state index in [0.717, 1.165) is 25.3 Å². The molecule has 1 aromatic rings. The van der Waals surface area contributed by atoms with E-state index in [2.05, 4.69) is 15.2 Å². The van der Waals surface area contributed by atoms with E-state index in [9.17, 15) is 10.1 Å². The lowest BCUT2D eigenvalue weighted by Crippen LogP contribution is -2.31. The van der Waals surface area contributed by atoms with Crippen LogP contribution in [0.2, 0.25) is 0 Å². The minimum atomic E-state index is -0.339. The molecule has 0 amide bonds. The molecule has 118 valence electrons. The lowest BCUT2D eigenvalue weighted by molar-refractivity contribution is -0.386. The van der Waals surface area contributed by atoms with Gasteiger partial charge in [0.05, 0.1) is 17.2 Å². The van der Waals surface area contributed by atoms with Gasteiger partial charge in [-0.1, -0.05) is 0 Å². The smallest absolute Gasteiger partial charge is 0.278 e. The van der Waals surface area contributed by atoms with Crippen LogP contribution >= 0.6 is 0 Å². The molecule has 0 aliphatic carbocycles. The fraction of sp³-hybridized carbons (Fsp3) is 0.643. The van der Waals surface area contributed by atoms with Gasteiger partial charge in [0.1, 0.15) is 0 Å². The number of aryl methyl sites for hydroxylation is 1. The Balaban J connectivity index is 2.49. The van der Waals surface area contributed by atoms with Gasteiger partial charge in [-0.3, -0.25) is 15.1 Å². The number of aromatic nitrogens is 1. The fourth-order valence-electron chi connectivity index (χ4n) is 2.06. The number of hydrogen-bond acceptors (Lipinski definition) is 6. The van der Waals surface area contributed by atoms with Crippen molar-refractivity contribution in [1.29, 1.82) is 0 Å². The summed E-state index contributed by atoms with van der Waals surface area (Å²) >= 11 is 0. The Morgan fingerprint density at radius 2 is 2.14 bits per heavy atom. The molecule has 0 saturated heterocycles. The highest BCUT2D eigenvalue weighted by Gasteiger charge is 2.18. The number of nitro groups is 1. The van der Waals surface area contributed by atoms with Gasteiger partial charge in [-0.15, -0.1) is 0 Å². The van der Waals surface area contributed by atoms with Crippen LogP contribution in [0.4, 0.5) is 5.69 Å². The second-order valence-corrected chi connectivity index (χ2v) is 5.09. The van der Waals surface area contributed by atoms with Crippen LogP contribution in [0.1, 0.15) is 16.8 Å². The molecule has 0 saturated carbocycles. The standard InChI is InChI=1S/C14H24N4O3/c1-11-9-16-13(12(2)14(11)18(19)20)10-15-5-6-17(3)7-8-21-4/h9,15H,5-8,10H2,1-4H3. The van der Waals surface area contributed by atoms with Gasteiger partial charge in [-0.05, 0) is 20.9 Å². The summed E-state index contributed by atoms with van der Waals surface area (Å²) in [6.07, 6.45) is 1.56. The molecule has 0 spiro atoms. The Morgan fingerprint density at radius 3 is 2.76 bits per heavy atom. The summed E-state index contributed by atoms with van der Waals surface area (Å²) in [7, 11) is 3.71. The monoisotopic (exact) mass is 296 g/mol. The van der Waals surface area contributed by atoms with Gasteiger partial charge in [0.2, 0.25) is 0 Å². The summed E-state index contributed by atoms with van der Waals surface area (Å²) in [5.74, 6) is 0. The molecule has 1 N–H and O–H groups in total. The van der Waals surface area contributed by atoms with Crippen molar-refractivity contribution in [3.8, 4) is 0 Å². The van der Waals surface area contributed by atoms with E-state index in [1.54, 1.807) is 27.2 Å². The van der Waals surface area contributed by atoms with Gasteiger partial charge in [-0.2, -0.15) is 0 Å². The van der Waals surface area contributed by atoms with Crippen molar-refractivity contribution in [2.45, 2.75) is 20.4 Å². The first-order valence-electron chi connectivity index (χ1n) is 6.95. The van der Waals surface area contributed by atoms with Crippen LogP contribution in [0.15, 0.2) is 6.20 Å². The molecule has 0 bridgehead atoms. The number of nitrogens with one attached hydrogen (secondary N) is 1. The summed E-state index contributed by atoms with van der Waals surface area (Å²) in [6.45, 7) is 7.26. The number of hydrogen-bond donors (Lipinski definition) is 1. The highest BCUT2D eigenvalue weighted by Crippen LogP contribution is 2.23. The molecule has 7 nitrogen and oxygen atoms in total. The molecule has 0 aliphatic rings. The molecule has 0 radical (unpaired) electrons. The van der Waals surface area contributed by atoms with Crippen LogP contribution in [0.3, 0.4) is 0 Å². The minimum Gasteiger partial charge on any atom is -0.383 e. The Hall–Kier alpha value is -1.57. The normalized spacial score (nSPS) is 11.1. The average Bonchev–Trinajstić information content (AvgIpc) is 2.43. The highest BCUT2D eigenvalue weighted by atomic mass is 16.6. The topological polar surface area (TPSA) is 80.5 Å². The third kappa shape index (κ3) is 5.37. The van der Waals surface area contributed by atoms with Crippen molar-refractivity contribution >= 4 is 5.69 Å². The molecule has 0 aromatic carbocycles. The van der Waals surface area contributed by atoms with E-state index >= 15 is 0 Å². The highest BCUT2D eigenvalue weighted by molar-refractivity contribution is 5.47. The predicted octanol–water partition coefficient (Wildman–Crippen LogP) is 1.27. The Labute approximate surface area is 125 Å². The molecule has 0 fully saturated rings. The summed E-state index contributed by atoms with van der Waals surface area (Å²) in [5.41, 5.74) is 2.13. The van der Waals surface area contributed by atoms with Crippen molar-refractivity contribution in [3.63, 3.8) is 0 Å². The number of ether oxygens (including phenoxy) is 1. The molecule has 1 aromatic heterocycles. The van der Waals surface area contributed by atoms with Crippen LogP contribution in [-0.2, 0) is 11.3 Å². The van der Waals surface area contributed by atoms with E-state index in [0.29, 0.717) is 24.3 Å². The van der Waals surface area contributed by atoms with E-state index in [1.165, 1.54) is 0 Å². The first-order valence-corrected chi connectivity index (χ1v) is 6.95. The second-order valence-electron chi connectivity index (χ2n) is 5.09. The lowest BCUT2D eigenvalue weighted by Gasteiger charge is -2.16. The number of pyridine rings is 1. The summed E-state index contributed by atoms with van der Waals surface area (Å²) in [6, 6.07) is 0. The maximum atomic E-state index is 11.1. The zero-order valence-electron chi connectivity index (χ0n) is 13.2. The van der Waals surface area contributed by atoms with Crippen molar-refractivity contribution in [3.05, 3.63) is 33.1 Å². The van der Waals surface area contributed by atoms with Crippen molar-refractivity contribution in [2.24, 2.45) is 0 Å². The summed E-state index contributed by atoms with van der Waals surface area (Å²) < 4.78 is 5.01. The number of likely N-dealkylation sites (N-methyl/N-ethyl adjacent to an activating group) is 1. The zero-order valence-corrected chi connectivity index (χ0v) is 13.2. The SMILES string of the molecule is COCCN(C)CCNCc1ncc(C)c([N+](=O)[O-])c1C. The number of nitrogens with zero attached hydrogens (tertiary/aromatic N) is 3. The summed E-state index contributed by atoms with van der Waals surface area (Å²) in [4.78, 5) is 17.2. The molecule has 21 heavy (non-hydrogen) atoms. The lowest BCUT2D eigenvalue weighted by atomic mass is 10.1. The molecule has 0 atom stereocenters. The third-order valence-electron chi connectivity index (χ3n) is 3.40. The van der Waals surface area contributed by atoms with Crippen molar-refractivity contribution in [2.75, 3.05) is 40.4 Å². The predicted molar refractivity (Wildman–Crippen MR) is 81.4 cm³/mol. The Bertz CT molecular complexity index is 480. The molecular weight excluding hydrogens is 272 g/mol. The minimum absolute atomic E-state index is 0.166. The van der Waals surface area contributed by atoms with E-state index < -0.39 is 0 Å². The third-order valence-corrected chi connectivity index (χ3v) is 3.40. The maximum absolute atomic E-state index is 11.1. The van der Waals surface area contributed by atoms with Crippen molar-refractivity contribution in [1.82, 2.24) is 15.2 Å². The van der Waals surface area contributed by atoms with Crippen molar-refractivity contribution < 1.29 is 9.66 Å². The fourth-order valence-corrected chi connectivity index (χ4v) is 2.06. The first-order chi connectivity index (χ1) is 9.97. The number of methoxy groups -OCH3 is 1. The maximum Gasteiger partial charge on any atom is 0.278 e. The van der Waals surface area contributed by atoms with Gasteiger partial charge in [-0.25, -0.2) is 0 Å². The quantitative estimate of drug-likeness (QED) is 0.420.